The van der Waals surface area contributed by atoms with E-state index in [9.17, 15) is 4.79 Å². The van der Waals surface area contributed by atoms with Gasteiger partial charge in [-0.1, -0.05) is 6.92 Å². The van der Waals surface area contributed by atoms with Crippen LogP contribution < -0.4 is 14.8 Å². The van der Waals surface area contributed by atoms with E-state index in [2.05, 4.69) is 17.1 Å². The second-order valence-corrected chi connectivity index (χ2v) is 5.57. The molecule has 0 unspecified atom stereocenters. The number of carbonyl (C=O) groups excluding carboxylic acids is 1. The molecule has 0 spiro atoms. The van der Waals surface area contributed by atoms with Crippen molar-refractivity contribution in [1.82, 2.24) is 4.90 Å². The van der Waals surface area contributed by atoms with Crippen molar-refractivity contribution in [1.29, 1.82) is 0 Å². The van der Waals surface area contributed by atoms with Crippen LogP contribution in [0.4, 0.5) is 5.69 Å². The number of likely N-dealkylation sites (tertiary alicyclic amines) is 1. The lowest BCUT2D eigenvalue weighted by atomic mass is 9.99. The third kappa shape index (κ3) is 4.36. The van der Waals surface area contributed by atoms with Crippen LogP contribution in [0.15, 0.2) is 18.2 Å². The highest BCUT2D eigenvalue weighted by Crippen LogP contribution is 2.29. The molecular formula is C16H24N2O3. The molecule has 1 N–H and O–H groups in total. The monoisotopic (exact) mass is 292 g/mol. The summed E-state index contributed by atoms with van der Waals surface area (Å²) in [5, 5.41) is 2.91. The summed E-state index contributed by atoms with van der Waals surface area (Å²) in [4.78, 5) is 14.3. The standard InChI is InChI=1S/C16H24N2O3/c1-12-6-8-18(9-7-12)11-16(19)17-14-5-4-13(20-2)10-15(14)21-3/h4-5,10,12H,6-9,11H2,1-3H3,(H,17,19). The Morgan fingerprint density at radius 1 is 1.29 bits per heavy atom. The van der Waals surface area contributed by atoms with Crippen LogP contribution in [0.5, 0.6) is 11.5 Å². The molecule has 1 aliphatic heterocycles. The fraction of sp³-hybridized carbons (Fsp3) is 0.562. The third-order valence-corrected chi connectivity index (χ3v) is 3.93. The molecule has 1 heterocycles. The lowest BCUT2D eigenvalue weighted by Gasteiger charge is -2.29. The molecule has 0 saturated carbocycles. The maximum Gasteiger partial charge on any atom is 0.238 e. The number of benzene rings is 1. The van der Waals surface area contributed by atoms with Gasteiger partial charge in [0.1, 0.15) is 11.5 Å². The first kappa shape index (κ1) is 15.6. The Morgan fingerprint density at radius 2 is 2.00 bits per heavy atom. The Bertz CT molecular complexity index is 482. The summed E-state index contributed by atoms with van der Waals surface area (Å²) >= 11 is 0. The maximum atomic E-state index is 12.1. The zero-order chi connectivity index (χ0) is 15.2. The van der Waals surface area contributed by atoms with E-state index in [-0.39, 0.29) is 5.91 Å². The van der Waals surface area contributed by atoms with Crippen LogP contribution in [0, 0.1) is 5.92 Å². The van der Waals surface area contributed by atoms with Gasteiger partial charge in [0.15, 0.2) is 0 Å². The van der Waals surface area contributed by atoms with Gasteiger partial charge < -0.3 is 14.8 Å². The van der Waals surface area contributed by atoms with Crippen molar-refractivity contribution in [3.05, 3.63) is 18.2 Å². The molecule has 1 fully saturated rings. The van der Waals surface area contributed by atoms with Crippen molar-refractivity contribution in [2.24, 2.45) is 5.92 Å². The van der Waals surface area contributed by atoms with Gasteiger partial charge in [0.05, 0.1) is 26.5 Å². The summed E-state index contributed by atoms with van der Waals surface area (Å²) < 4.78 is 10.4. The van der Waals surface area contributed by atoms with Gasteiger partial charge in [-0.05, 0) is 44.0 Å². The lowest BCUT2D eigenvalue weighted by Crippen LogP contribution is -2.38. The van der Waals surface area contributed by atoms with E-state index < -0.39 is 0 Å². The predicted octanol–water partition coefficient (Wildman–Crippen LogP) is 2.37. The minimum atomic E-state index is -0.00646. The van der Waals surface area contributed by atoms with Crippen LogP contribution >= 0.6 is 0 Å². The molecule has 1 aliphatic rings. The van der Waals surface area contributed by atoms with Crippen LogP contribution in [-0.4, -0.2) is 44.7 Å². The molecule has 1 saturated heterocycles. The van der Waals surface area contributed by atoms with E-state index in [4.69, 9.17) is 9.47 Å². The second kappa shape index (κ2) is 7.31. The highest BCUT2D eigenvalue weighted by molar-refractivity contribution is 5.93. The summed E-state index contributed by atoms with van der Waals surface area (Å²) in [6, 6.07) is 5.37. The van der Waals surface area contributed by atoms with Gasteiger partial charge in [0.25, 0.3) is 0 Å². The Labute approximate surface area is 126 Å². The van der Waals surface area contributed by atoms with Crippen molar-refractivity contribution in [3.63, 3.8) is 0 Å². The molecular weight excluding hydrogens is 268 g/mol. The number of nitrogens with one attached hydrogen (secondary N) is 1. The molecule has 1 amide bonds. The summed E-state index contributed by atoms with van der Waals surface area (Å²) in [7, 11) is 3.18. The molecule has 0 radical (unpaired) electrons. The van der Waals surface area contributed by atoms with Crippen molar-refractivity contribution in [2.75, 3.05) is 39.2 Å². The van der Waals surface area contributed by atoms with E-state index >= 15 is 0 Å². The molecule has 5 heteroatoms. The molecule has 21 heavy (non-hydrogen) atoms. The average molecular weight is 292 g/mol. The molecule has 0 atom stereocenters. The third-order valence-electron chi connectivity index (χ3n) is 3.93. The Morgan fingerprint density at radius 3 is 2.62 bits per heavy atom. The van der Waals surface area contributed by atoms with Crippen molar-refractivity contribution >= 4 is 11.6 Å². The van der Waals surface area contributed by atoms with Crippen LogP contribution in [0.1, 0.15) is 19.8 Å². The Kier molecular flexibility index (Phi) is 5.44. The molecule has 0 aromatic heterocycles. The minimum absolute atomic E-state index is 0.00646. The number of methoxy groups -OCH3 is 2. The first-order valence-electron chi connectivity index (χ1n) is 7.36. The van der Waals surface area contributed by atoms with Gasteiger partial charge in [-0.25, -0.2) is 0 Å². The van der Waals surface area contributed by atoms with Gasteiger partial charge in [0.2, 0.25) is 5.91 Å². The largest absolute Gasteiger partial charge is 0.497 e. The van der Waals surface area contributed by atoms with E-state index in [0.717, 1.165) is 19.0 Å². The van der Waals surface area contributed by atoms with Crippen molar-refractivity contribution < 1.29 is 14.3 Å². The fourth-order valence-corrected chi connectivity index (χ4v) is 2.51. The Balaban J connectivity index is 1.93. The molecule has 0 aliphatic carbocycles. The SMILES string of the molecule is COc1ccc(NC(=O)CN2CCC(C)CC2)c(OC)c1. The second-order valence-electron chi connectivity index (χ2n) is 5.57. The first-order chi connectivity index (χ1) is 10.1. The highest BCUT2D eigenvalue weighted by atomic mass is 16.5. The van der Waals surface area contributed by atoms with E-state index in [1.54, 1.807) is 32.4 Å². The number of amides is 1. The number of carbonyl (C=O) groups is 1. The number of anilines is 1. The number of hydrogen-bond donors (Lipinski definition) is 1. The molecule has 1 aromatic carbocycles. The summed E-state index contributed by atoms with van der Waals surface area (Å²) in [6.07, 6.45) is 2.33. The molecule has 1 aromatic rings. The summed E-state index contributed by atoms with van der Waals surface area (Å²) in [5.74, 6) is 2.07. The highest BCUT2D eigenvalue weighted by Gasteiger charge is 2.18. The number of hydrogen-bond acceptors (Lipinski definition) is 4. The van der Waals surface area contributed by atoms with Crippen molar-refractivity contribution in [3.8, 4) is 11.5 Å². The normalized spacial score (nSPS) is 16.5. The molecule has 5 nitrogen and oxygen atoms in total. The molecule has 2 rings (SSSR count). The topological polar surface area (TPSA) is 50.8 Å². The van der Waals surface area contributed by atoms with Gasteiger partial charge in [-0.3, -0.25) is 9.69 Å². The zero-order valence-electron chi connectivity index (χ0n) is 13.0. The van der Waals surface area contributed by atoms with Crippen LogP contribution in [0.2, 0.25) is 0 Å². The average Bonchev–Trinajstić information content (AvgIpc) is 2.50. The van der Waals surface area contributed by atoms with Crippen molar-refractivity contribution in [2.45, 2.75) is 19.8 Å². The van der Waals surface area contributed by atoms with E-state index in [1.165, 1.54) is 12.8 Å². The van der Waals surface area contributed by atoms with Crippen LogP contribution in [0.25, 0.3) is 0 Å². The quantitative estimate of drug-likeness (QED) is 0.905. The molecule has 0 bridgehead atoms. The van der Waals surface area contributed by atoms with Gasteiger partial charge >= 0.3 is 0 Å². The van der Waals surface area contributed by atoms with Crippen LogP contribution in [-0.2, 0) is 4.79 Å². The minimum Gasteiger partial charge on any atom is -0.497 e. The fourth-order valence-electron chi connectivity index (χ4n) is 2.51. The number of nitrogens with zero attached hydrogens (tertiary/aromatic N) is 1. The van der Waals surface area contributed by atoms with Gasteiger partial charge in [-0.15, -0.1) is 0 Å². The van der Waals surface area contributed by atoms with Gasteiger partial charge in [-0.2, -0.15) is 0 Å². The summed E-state index contributed by atoms with van der Waals surface area (Å²) in [5.41, 5.74) is 0.675. The van der Waals surface area contributed by atoms with E-state index in [1.807, 2.05) is 0 Å². The smallest absolute Gasteiger partial charge is 0.238 e. The summed E-state index contributed by atoms with van der Waals surface area (Å²) in [6.45, 7) is 4.68. The predicted molar refractivity (Wildman–Crippen MR) is 83.0 cm³/mol. The molecule has 116 valence electrons. The first-order valence-corrected chi connectivity index (χ1v) is 7.36. The number of ether oxygens (including phenoxy) is 2. The number of piperidine rings is 1. The maximum absolute atomic E-state index is 12.1. The van der Waals surface area contributed by atoms with Gasteiger partial charge in [0, 0.05) is 6.07 Å². The lowest BCUT2D eigenvalue weighted by molar-refractivity contribution is -0.117. The van der Waals surface area contributed by atoms with E-state index in [0.29, 0.717) is 23.7 Å². The number of rotatable bonds is 5. The van der Waals surface area contributed by atoms with Crippen LogP contribution in [0.3, 0.4) is 0 Å². The Hall–Kier alpha value is -1.75. The zero-order valence-corrected chi connectivity index (χ0v) is 13.0.